The zero-order valence-corrected chi connectivity index (χ0v) is 11.9. The first-order valence-electron chi connectivity index (χ1n) is 6.46. The molecule has 2 aromatic carbocycles. The summed E-state index contributed by atoms with van der Waals surface area (Å²) in [5, 5.41) is 20.1. The normalized spacial score (nSPS) is 9.95. The van der Waals surface area contributed by atoms with Crippen molar-refractivity contribution in [3.8, 4) is 6.07 Å². The number of rotatable bonds is 4. The predicted molar refractivity (Wildman–Crippen MR) is 81.1 cm³/mol. The first-order chi connectivity index (χ1) is 10.0. The van der Waals surface area contributed by atoms with Crippen LogP contribution >= 0.6 is 0 Å². The van der Waals surface area contributed by atoms with Gasteiger partial charge in [0.05, 0.1) is 16.6 Å². The molecule has 0 aliphatic heterocycles. The Kier molecular flexibility index (Phi) is 4.19. The van der Waals surface area contributed by atoms with Gasteiger partial charge in [0.2, 0.25) is 0 Å². The van der Waals surface area contributed by atoms with E-state index in [0.717, 1.165) is 5.56 Å². The maximum atomic E-state index is 11.1. The number of nitriles is 1. The van der Waals surface area contributed by atoms with Crippen molar-refractivity contribution >= 4 is 11.4 Å². The minimum absolute atomic E-state index is 0.00334. The maximum Gasteiger partial charge on any atom is 0.292 e. The lowest BCUT2D eigenvalue weighted by Crippen LogP contribution is -2.17. The fourth-order valence-corrected chi connectivity index (χ4v) is 2.11. The average Bonchev–Trinajstić information content (AvgIpc) is 2.48. The molecule has 106 valence electrons. The summed E-state index contributed by atoms with van der Waals surface area (Å²) in [6.07, 6.45) is 0. The van der Waals surface area contributed by atoms with Gasteiger partial charge in [0.1, 0.15) is 5.69 Å². The molecule has 2 rings (SSSR count). The second-order valence-corrected chi connectivity index (χ2v) is 4.91. The Hall–Kier alpha value is -2.87. The van der Waals surface area contributed by atoms with Crippen molar-refractivity contribution in [2.24, 2.45) is 0 Å². The van der Waals surface area contributed by atoms with Gasteiger partial charge in [-0.1, -0.05) is 29.8 Å². The summed E-state index contributed by atoms with van der Waals surface area (Å²) in [5.41, 5.74) is 3.08. The molecule has 0 heterocycles. The topological polar surface area (TPSA) is 70.2 Å². The lowest BCUT2D eigenvalue weighted by molar-refractivity contribution is -0.384. The molecule has 0 bridgehead atoms. The van der Waals surface area contributed by atoms with Crippen LogP contribution in [0.15, 0.2) is 42.5 Å². The second-order valence-electron chi connectivity index (χ2n) is 4.91. The van der Waals surface area contributed by atoms with Gasteiger partial charge in [0.15, 0.2) is 0 Å². The van der Waals surface area contributed by atoms with Crippen LogP contribution in [0.25, 0.3) is 0 Å². The Morgan fingerprint density at radius 3 is 2.48 bits per heavy atom. The summed E-state index contributed by atoms with van der Waals surface area (Å²) in [6, 6.07) is 14.4. The van der Waals surface area contributed by atoms with Crippen molar-refractivity contribution in [3.05, 3.63) is 69.3 Å². The zero-order valence-electron chi connectivity index (χ0n) is 11.9. The van der Waals surface area contributed by atoms with Crippen LogP contribution in [0, 0.1) is 28.4 Å². The van der Waals surface area contributed by atoms with Crippen LogP contribution < -0.4 is 4.90 Å². The smallest absolute Gasteiger partial charge is 0.292 e. The Morgan fingerprint density at radius 2 is 1.90 bits per heavy atom. The highest BCUT2D eigenvalue weighted by molar-refractivity contribution is 5.65. The van der Waals surface area contributed by atoms with Crippen LogP contribution in [0.1, 0.15) is 16.7 Å². The molecule has 5 heteroatoms. The molecule has 21 heavy (non-hydrogen) atoms. The van der Waals surface area contributed by atoms with Gasteiger partial charge in [-0.3, -0.25) is 10.1 Å². The van der Waals surface area contributed by atoms with Gasteiger partial charge >= 0.3 is 0 Å². The molecule has 0 amide bonds. The van der Waals surface area contributed by atoms with Gasteiger partial charge in [-0.2, -0.15) is 5.26 Å². The first-order valence-corrected chi connectivity index (χ1v) is 6.46. The molecule has 5 nitrogen and oxygen atoms in total. The Morgan fingerprint density at radius 1 is 1.24 bits per heavy atom. The molecule has 0 atom stereocenters. The Balaban J connectivity index is 2.33. The molecule has 0 aliphatic carbocycles. The molecule has 0 aromatic heterocycles. The van der Waals surface area contributed by atoms with E-state index in [1.54, 1.807) is 18.0 Å². The van der Waals surface area contributed by atoms with E-state index < -0.39 is 4.92 Å². The number of nitro benzene ring substituents is 1. The number of benzene rings is 2. The van der Waals surface area contributed by atoms with Gasteiger partial charge in [-0.05, 0) is 24.6 Å². The molecule has 0 saturated carbocycles. The molecule has 2 aromatic rings. The summed E-state index contributed by atoms with van der Waals surface area (Å²) in [4.78, 5) is 12.5. The molecular formula is C16H15N3O2. The summed E-state index contributed by atoms with van der Waals surface area (Å²) < 4.78 is 0. The van der Waals surface area contributed by atoms with E-state index in [2.05, 4.69) is 0 Å². The van der Waals surface area contributed by atoms with E-state index in [1.165, 1.54) is 17.7 Å². The Labute approximate surface area is 123 Å². The fourth-order valence-electron chi connectivity index (χ4n) is 2.11. The molecule has 0 aliphatic rings. The van der Waals surface area contributed by atoms with Crippen molar-refractivity contribution < 1.29 is 4.92 Å². The van der Waals surface area contributed by atoms with E-state index in [9.17, 15) is 10.1 Å². The van der Waals surface area contributed by atoms with Gasteiger partial charge in [0.25, 0.3) is 5.69 Å². The van der Waals surface area contributed by atoms with Crippen LogP contribution in [0.3, 0.4) is 0 Å². The van der Waals surface area contributed by atoms with Gasteiger partial charge in [-0.25, -0.2) is 0 Å². The first kappa shape index (κ1) is 14.5. The lowest BCUT2D eigenvalue weighted by Gasteiger charge is -2.19. The predicted octanol–water partition coefficient (Wildman–Crippen LogP) is 3.41. The van der Waals surface area contributed by atoms with Crippen LogP contribution in [0.5, 0.6) is 0 Å². The number of aryl methyl sites for hydroxylation is 1. The van der Waals surface area contributed by atoms with E-state index in [-0.39, 0.29) is 5.69 Å². The van der Waals surface area contributed by atoms with Crippen LogP contribution in [0.2, 0.25) is 0 Å². The van der Waals surface area contributed by atoms with E-state index >= 15 is 0 Å². The largest absolute Gasteiger partial charge is 0.365 e. The van der Waals surface area contributed by atoms with Crippen LogP contribution in [-0.4, -0.2) is 12.0 Å². The van der Waals surface area contributed by atoms with Crippen LogP contribution in [0.4, 0.5) is 11.4 Å². The summed E-state index contributed by atoms with van der Waals surface area (Å²) in [7, 11) is 1.78. The summed E-state index contributed by atoms with van der Waals surface area (Å²) >= 11 is 0. The maximum absolute atomic E-state index is 11.1. The van der Waals surface area contributed by atoms with Crippen molar-refractivity contribution in [3.63, 3.8) is 0 Å². The standard InChI is InChI=1S/C16H15N3O2/c1-12-3-5-13(6-4-12)11-18(2)16-9-14(10-17)7-8-15(16)19(20)21/h3-9H,11H2,1-2H3. The van der Waals surface area contributed by atoms with Gasteiger partial charge in [0, 0.05) is 19.7 Å². The molecule has 0 spiro atoms. The molecule has 0 unspecified atom stereocenters. The van der Waals surface area contributed by atoms with Crippen molar-refractivity contribution in [1.82, 2.24) is 0 Å². The van der Waals surface area contributed by atoms with Crippen molar-refractivity contribution in [2.45, 2.75) is 13.5 Å². The second kappa shape index (κ2) is 6.06. The fraction of sp³-hybridized carbons (Fsp3) is 0.188. The minimum atomic E-state index is -0.428. The lowest BCUT2D eigenvalue weighted by atomic mass is 10.1. The highest BCUT2D eigenvalue weighted by Crippen LogP contribution is 2.29. The van der Waals surface area contributed by atoms with Crippen molar-refractivity contribution in [2.75, 3.05) is 11.9 Å². The van der Waals surface area contributed by atoms with Crippen molar-refractivity contribution in [1.29, 1.82) is 5.26 Å². The number of nitrogens with zero attached hydrogens (tertiary/aromatic N) is 3. The number of hydrogen-bond acceptors (Lipinski definition) is 4. The monoisotopic (exact) mass is 281 g/mol. The Bertz CT molecular complexity index is 702. The number of hydrogen-bond donors (Lipinski definition) is 0. The summed E-state index contributed by atoms with van der Waals surface area (Å²) in [5.74, 6) is 0. The van der Waals surface area contributed by atoms with Crippen LogP contribution in [-0.2, 0) is 6.54 Å². The zero-order chi connectivity index (χ0) is 15.4. The molecule has 0 radical (unpaired) electrons. The minimum Gasteiger partial charge on any atom is -0.365 e. The van der Waals surface area contributed by atoms with E-state index in [0.29, 0.717) is 17.8 Å². The highest BCUT2D eigenvalue weighted by atomic mass is 16.6. The molecule has 0 N–H and O–H groups in total. The average molecular weight is 281 g/mol. The van der Waals surface area contributed by atoms with Gasteiger partial charge < -0.3 is 4.90 Å². The third kappa shape index (κ3) is 3.37. The summed E-state index contributed by atoms with van der Waals surface area (Å²) in [6.45, 7) is 2.55. The van der Waals surface area contributed by atoms with E-state index in [4.69, 9.17) is 5.26 Å². The van der Waals surface area contributed by atoms with E-state index in [1.807, 2.05) is 37.3 Å². The SMILES string of the molecule is Cc1ccc(CN(C)c2cc(C#N)ccc2[N+](=O)[O-])cc1. The van der Waals surface area contributed by atoms with Gasteiger partial charge in [-0.15, -0.1) is 0 Å². The third-order valence-electron chi connectivity index (χ3n) is 3.25. The molecule has 0 saturated heterocycles. The molecule has 0 fully saturated rings. The highest BCUT2D eigenvalue weighted by Gasteiger charge is 2.17. The number of anilines is 1. The molecular weight excluding hydrogens is 266 g/mol. The third-order valence-corrected chi connectivity index (χ3v) is 3.25. The number of nitro groups is 1. The quantitative estimate of drug-likeness (QED) is 0.636.